The van der Waals surface area contributed by atoms with E-state index >= 15 is 0 Å². The van der Waals surface area contributed by atoms with Gasteiger partial charge in [0.25, 0.3) is 0 Å². The van der Waals surface area contributed by atoms with E-state index in [0.29, 0.717) is 26.4 Å². The van der Waals surface area contributed by atoms with Crippen molar-refractivity contribution in [2.45, 2.75) is 37.2 Å². The average Bonchev–Trinajstić information content (AvgIpc) is 2.25. The van der Waals surface area contributed by atoms with E-state index < -0.39 is 0 Å². The predicted molar refractivity (Wildman–Crippen MR) is 60.5 cm³/mol. The zero-order valence-corrected chi connectivity index (χ0v) is 10.2. The first-order valence-electron chi connectivity index (χ1n) is 5.67. The van der Waals surface area contributed by atoms with Gasteiger partial charge in [0.15, 0.2) is 0 Å². The van der Waals surface area contributed by atoms with Crippen molar-refractivity contribution in [2.24, 2.45) is 0 Å². The van der Waals surface area contributed by atoms with Crippen molar-refractivity contribution in [2.75, 3.05) is 33.5 Å². The summed E-state index contributed by atoms with van der Waals surface area (Å²) in [5.74, 6) is 0. The van der Waals surface area contributed by atoms with Crippen molar-refractivity contribution in [1.82, 2.24) is 0 Å². The fourth-order valence-corrected chi connectivity index (χ4v) is 2.10. The molecule has 1 aliphatic carbocycles. The Bertz CT molecular complexity index is 155. The summed E-state index contributed by atoms with van der Waals surface area (Å²) >= 11 is 6.16. The minimum absolute atomic E-state index is 0.192. The maximum absolute atomic E-state index is 6.16. The molecule has 0 heterocycles. The summed E-state index contributed by atoms with van der Waals surface area (Å²) in [7, 11) is 1.67. The lowest BCUT2D eigenvalue weighted by Crippen LogP contribution is -2.29. The van der Waals surface area contributed by atoms with Crippen molar-refractivity contribution >= 4 is 11.6 Å². The number of rotatable bonds is 7. The molecule has 0 aliphatic heterocycles. The Balaban J connectivity index is 1.94. The Hall–Kier alpha value is 0.170. The fourth-order valence-electron chi connectivity index (χ4n) is 1.74. The molecule has 90 valence electrons. The van der Waals surface area contributed by atoms with Crippen LogP contribution in [0.2, 0.25) is 0 Å². The second-order valence-electron chi connectivity index (χ2n) is 3.81. The molecule has 0 aromatic carbocycles. The highest BCUT2D eigenvalue weighted by Crippen LogP contribution is 2.25. The van der Waals surface area contributed by atoms with Gasteiger partial charge in [0.05, 0.1) is 37.9 Å². The molecule has 1 saturated carbocycles. The first kappa shape index (κ1) is 13.2. The van der Waals surface area contributed by atoms with Crippen LogP contribution in [-0.4, -0.2) is 45.0 Å². The van der Waals surface area contributed by atoms with Crippen LogP contribution in [0.15, 0.2) is 0 Å². The quantitative estimate of drug-likeness (QED) is 0.501. The molecule has 1 aliphatic rings. The molecular formula is C11H21ClO3. The van der Waals surface area contributed by atoms with Crippen LogP contribution < -0.4 is 0 Å². The molecule has 0 N–H and O–H groups in total. The fraction of sp³-hybridized carbons (Fsp3) is 1.00. The second-order valence-corrected chi connectivity index (χ2v) is 4.38. The number of alkyl halides is 1. The van der Waals surface area contributed by atoms with Gasteiger partial charge in [0, 0.05) is 7.11 Å². The number of methoxy groups -OCH3 is 1. The summed E-state index contributed by atoms with van der Waals surface area (Å²) in [6, 6.07) is 0. The molecule has 3 nitrogen and oxygen atoms in total. The largest absolute Gasteiger partial charge is 0.382 e. The van der Waals surface area contributed by atoms with E-state index in [2.05, 4.69) is 0 Å². The van der Waals surface area contributed by atoms with Crippen LogP contribution in [0.1, 0.15) is 25.7 Å². The molecule has 1 fully saturated rings. The minimum atomic E-state index is 0.192. The summed E-state index contributed by atoms with van der Waals surface area (Å²) in [6.45, 7) is 2.54. The smallest absolute Gasteiger partial charge is 0.0739 e. The molecule has 0 aromatic rings. The Morgan fingerprint density at radius 3 is 2.53 bits per heavy atom. The third kappa shape index (κ3) is 5.71. The topological polar surface area (TPSA) is 27.7 Å². The van der Waals surface area contributed by atoms with Gasteiger partial charge in [-0.25, -0.2) is 0 Å². The standard InChI is InChI=1S/C11H21ClO3/c1-13-6-7-14-8-9-15-11-5-3-2-4-10(11)12/h10-11H,2-9H2,1H3/t10-,11+/m0/s1. The summed E-state index contributed by atoms with van der Waals surface area (Å²) < 4.78 is 15.9. The number of hydrogen-bond donors (Lipinski definition) is 0. The minimum Gasteiger partial charge on any atom is -0.382 e. The first-order valence-corrected chi connectivity index (χ1v) is 6.10. The van der Waals surface area contributed by atoms with Crippen LogP contribution in [-0.2, 0) is 14.2 Å². The van der Waals surface area contributed by atoms with Gasteiger partial charge in [-0.05, 0) is 12.8 Å². The van der Waals surface area contributed by atoms with Crippen LogP contribution in [0.3, 0.4) is 0 Å². The number of halogens is 1. The van der Waals surface area contributed by atoms with E-state index in [-0.39, 0.29) is 11.5 Å². The van der Waals surface area contributed by atoms with Gasteiger partial charge >= 0.3 is 0 Å². The van der Waals surface area contributed by atoms with E-state index in [1.165, 1.54) is 12.8 Å². The molecule has 0 spiro atoms. The van der Waals surface area contributed by atoms with E-state index in [1.54, 1.807) is 7.11 Å². The molecule has 0 radical (unpaired) electrons. The van der Waals surface area contributed by atoms with E-state index in [1.807, 2.05) is 0 Å². The Morgan fingerprint density at radius 2 is 1.80 bits per heavy atom. The van der Waals surface area contributed by atoms with Gasteiger partial charge in [-0.3, -0.25) is 0 Å². The average molecular weight is 237 g/mol. The molecule has 2 atom stereocenters. The van der Waals surface area contributed by atoms with Crippen LogP contribution >= 0.6 is 11.6 Å². The van der Waals surface area contributed by atoms with Crippen molar-refractivity contribution in [3.8, 4) is 0 Å². The lowest BCUT2D eigenvalue weighted by molar-refractivity contribution is -0.0165. The highest BCUT2D eigenvalue weighted by Gasteiger charge is 2.23. The SMILES string of the molecule is COCCOCCO[C@@H]1CCCC[C@@H]1Cl. The van der Waals surface area contributed by atoms with Crippen LogP contribution in [0, 0.1) is 0 Å². The van der Waals surface area contributed by atoms with Crippen molar-refractivity contribution in [1.29, 1.82) is 0 Å². The summed E-state index contributed by atoms with van der Waals surface area (Å²) in [5, 5.41) is 0.192. The van der Waals surface area contributed by atoms with Crippen molar-refractivity contribution < 1.29 is 14.2 Å². The zero-order valence-electron chi connectivity index (χ0n) is 9.41. The van der Waals surface area contributed by atoms with Gasteiger partial charge < -0.3 is 14.2 Å². The Morgan fingerprint density at radius 1 is 1.07 bits per heavy atom. The van der Waals surface area contributed by atoms with Crippen LogP contribution in [0.4, 0.5) is 0 Å². The lowest BCUT2D eigenvalue weighted by Gasteiger charge is -2.26. The molecule has 0 amide bonds. The number of hydrogen-bond acceptors (Lipinski definition) is 3. The zero-order chi connectivity index (χ0) is 10.9. The molecule has 0 aromatic heterocycles. The van der Waals surface area contributed by atoms with Gasteiger partial charge in [-0.2, -0.15) is 0 Å². The summed E-state index contributed by atoms with van der Waals surface area (Å²) in [5.41, 5.74) is 0. The van der Waals surface area contributed by atoms with Gasteiger partial charge in [0.2, 0.25) is 0 Å². The van der Waals surface area contributed by atoms with Crippen molar-refractivity contribution in [3.05, 3.63) is 0 Å². The van der Waals surface area contributed by atoms with E-state index in [9.17, 15) is 0 Å². The monoisotopic (exact) mass is 236 g/mol. The molecule has 0 saturated heterocycles. The van der Waals surface area contributed by atoms with Gasteiger partial charge in [-0.15, -0.1) is 11.6 Å². The number of ether oxygens (including phenoxy) is 3. The molecule has 4 heteroatoms. The maximum Gasteiger partial charge on any atom is 0.0739 e. The van der Waals surface area contributed by atoms with E-state index in [0.717, 1.165) is 12.8 Å². The van der Waals surface area contributed by atoms with Crippen LogP contribution in [0.25, 0.3) is 0 Å². The molecule has 0 bridgehead atoms. The second kappa shape index (κ2) is 8.34. The van der Waals surface area contributed by atoms with Gasteiger partial charge in [-0.1, -0.05) is 12.8 Å². The maximum atomic E-state index is 6.16. The van der Waals surface area contributed by atoms with Crippen molar-refractivity contribution in [3.63, 3.8) is 0 Å². The Kier molecular flexibility index (Phi) is 7.36. The highest BCUT2D eigenvalue weighted by molar-refractivity contribution is 6.21. The van der Waals surface area contributed by atoms with Crippen LogP contribution in [0.5, 0.6) is 0 Å². The molecule has 1 rings (SSSR count). The first-order chi connectivity index (χ1) is 7.34. The van der Waals surface area contributed by atoms with Gasteiger partial charge in [0.1, 0.15) is 0 Å². The summed E-state index contributed by atoms with van der Waals surface area (Å²) in [4.78, 5) is 0. The van der Waals surface area contributed by atoms with E-state index in [4.69, 9.17) is 25.8 Å². The third-order valence-corrected chi connectivity index (χ3v) is 3.11. The third-order valence-electron chi connectivity index (χ3n) is 2.61. The Labute approximate surface area is 97.0 Å². The molecule has 0 unspecified atom stereocenters. The molecular weight excluding hydrogens is 216 g/mol. The predicted octanol–water partition coefficient (Wildman–Crippen LogP) is 2.22. The molecule has 15 heavy (non-hydrogen) atoms. The lowest BCUT2D eigenvalue weighted by atomic mass is 9.97. The summed E-state index contributed by atoms with van der Waals surface area (Å²) in [6.07, 6.45) is 4.87. The normalized spacial score (nSPS) is 26.8. The highest BCUT2D eigenvalue weighted by atomic mass is 35.5.